The zero-order valence-corrected chi connectivity index (χ0v) is 10.9. The van der Waals surface area contributed by atoms with Crippen LogP contribution in [-0.4, -0.2) is 13.4 Å². The van der Waals surface area contributed by atoms with Gasteiger partial charge in [-0.05, 0) is 18.2 Å². The lowest BCUT2D eigenvalue weighted by Gasteiger charge is -2.09. The topological polar surface area (TPSA) is 109 Å². The van der Waals surface area contributed by atoms with Gasteiger partial charge in [-0.2, -0.15) is 5.26 Å². The summed E-state index contributed by atoms with van der Waals surface area (Å²) in [5.74, 6) is -0.769. The Morgan fingerprint density at radius 3 is 2.75 bits per heavy atom. The third-order valence-corrected chi connectivity index (χ3v) is 3.80. The van der Waals surface area contributed by atoms with Gasteiger partial charge < -0.3 is 5.73 Å². The predicted octanol–water partition coefficient (Wildman–Crippen LogP) is 1.48. The molecule has 1 aromatic heterocycles. The molecule has 0 aliphatic heterocycles. The fourth-order valence-corrected chi connectivity index (χ4v) is 2.61. The molecule has 0 radical (unpaired) electrons. The molecule has 20 heavy (non-hydrogen) atoms. The van der Waals surface area contributed by atoms with E-state index in [2.05, 4.69) is 9.71 Å². The van der Waals surface area contributed by atoms with Crippen LogP contribution < -0.4 is 10.5 Å². The number of aromatic nitrogens is 1. The van der Waals surface area contributed by atoms with Crippen molar-refractivity contribution < 1.29 is 12.8 Å². The van der Waals surface area contributed by atoms with Gasteiger partial charge in [-0.1, -0.05) is 6.07 Å². The average molecular weight is 292 g/mol. The maximum absolute atomic E-state index is 13.4. The van der Waals surface area contributed by atoms with Gasteiger partial charge in [0.05, 0.1) is 10.6 Å². The van der Waals surface area contributed by atoms with Crippen molar-refractivity contribution >= 4 is 21.5 Å². The van der Waals surface area contributed by atoms with Gasteiger partial charge in [-0.25, -0.2) is 17.8 Å². The van der Waals surface area contributed by atoms with Gasteiger partial charge in [0.15, 0.2) is 0 Å². The zero-order chi connectivity index (χ0) is 14.8. The summed E-state index contributed by atoms with van der Waals surface area (Å²) in [5.41, 5.74) is 4.90. The molecular weight excluding hydrogens is 283 g/mol. The highest BCUT2D eigenvalue weighted by molar-refractivity contribution is 7.92. The molecule has 8 heteroatoms. The summed E-state index contributed by atoms with van der Waals surface area (Å²) in [6.07, 6.45) is 1.24. The summed E-state index contributed by atoms with van der Waals surface area (Å²) in [6.45, 7) is 0. The molecule has 0 amide bonds. The molecule has 0 saturated heterocycles. The quantitative estimate of drug-likeness (QED) is 0.890. The fraction of sp³-hybridized carbons (Fsp3) is 0. The number of hydrogen-bond acceptors (Lipinski definition) is 5. The molecule has 0 spiro atoms. The Balaban J connectivity index is 2.45. The van der Waals surface area contributed by atoms with Crippen LogP contribution in [0.25, 0.3) is 0 Å². The Labute approximate surface area is 114 Å². The monoisotopic (exact) mass is 292 g/mol. The molecule has 0 aliphatic rings. The summed E-state index contributed by atoms with van der Waals surface area (Å²) < 4.78 is 39.8. The Bertz CT molecular complexity index is 799. The highest BCUT2D eigenvalue weighted by atomic mass is 32.2. The average Bonchev–Trinajstić information content (AvgIpc) is 2.38. The lowest BCUT2D eigenvalue weighted by atomic mass is 10.2. The molecule has 2 rings (SSSR count). The summed E-state index contributed by atoms with van der Waals surface area (Å²) in [4.78, 5) is 3.55. The molecule has 102 valence electrons. The third-order valence-electron chi connectivity index (χ3n) is 2.43. The number of sulfonamides is 1. The van der Waals surface area contributed by atoms with E-state index in [0.29, 0.717) is 0 Å². The van der Waals surface area contributed by atoms with Crippen LogP contribution in [0.3, 0.4) is 0 Å². The lowest BCUT2D eigenvalue weighted by Crippen LogP contribution is -2.14. The van der Waals surface area contributed by atoms with Crippen LogP contribution in [0, 0.1) is 17.1 Å². The number of anilines is 2. The number of pyridine rings is 1. The SMILES string of the molecule is N#Cc1c(F)cccc1NS(=O)(=O)c1ccnc(N)c1. The Morgan fingerprint density at radius 2 is 2.10 bits per heavy atom. The minimum atomic E-state index is -3.97. The molecule has 0 saturated carbocycles. The lowest BCUT2D eigenvalue weighted by molar-refractivity contribution is 0.601. The number of nitrogens with two attached hydrogens (primary N) is 1. The van der Waals surface area contributed by atoms with Crippen LogP contribution in [0.1, 0.15) is 5.56 Å². The van der Waals surface area contributed by atoms with E-state index < -0.39 is 15.8 Å². The first-order valence-electron chi connectivity index (χ1n) is 5.37. The van der Waals surface area contributed by atoms with Crippen LogP contribution >= 0.6 is 0 Å². The van der Waals surface area contributed by atoms with E-state index >= 15 is 0 Å². The second kappa shape index (κ2) is 5.14. The number of nitriles is 1. The standard InChI is InChI=1S/C12H9FN4O2S/c13-10-2-1-3-11(9(10)7-14)17-20(18,19)8-4-5-16-12(15)6-8/h1-6,17H,(H2,15,16). The van der Waals surface area contributed by atoms with Crippen molar-refractivity contribution in [1.82, 2.24) is 4.98 Å². The Kier molecular flexibility index (Phi) is 3.54. The second-order valence-electron chi connectivity index (χ2n) is 3.80. The summed E-state index contributed by atoms with van der Waals surface area (Å²) in [5, 5.41) is 8.86. The normalized spacial score (nSPS) is 10.8. The number of nitrogens with one attached hydrogen (secondary N) is 1. The van der Waals surface area contributed by atoms with E-state index in [1.54, 1.807) is 6.07 Å². The van der Waals surface area contributed by atoms with E-state index in [1.807, 2.05) is 0 Å². The van der Waals surface area contributed by atoms with Crippen molar-refractivity contribution in [3.05, 3.63) is 47.9 Å². The van der Waals surface area contributed by atoms with Crippen molar-refractivity contribution in [2.24, 2.45) is 0 Å². The smallest absolute Gasteiger partial charge is 0.262 e. The molecule has 0 fully saturated rings. The Hall–Kier alpha value is -2.66. The van der Waals surface area contributed by atoms with Gasteiger partial charge >= 0.3 is 0 Å². The largest absolute Gasteiger partial charge is 0.384 e. The molecule has 1 heterocycles. The third kappa shape index (κ3) is 2.67. The van der Waals surface area contributed by atoms with Crippen molar-refractivity contribution in [3.63, 3.8) is 0 Å². The maximum atomic E-state index is 13.4. The van der Waals surface area contributed by atoms with Gasteiger partial charge in [-0.3, -0.25) is 4.72 Å². The molecule has 0 atom stereocenters. The number of rotatable bonds is 3. The predicted molar refractivity (Wildman–Crippen MR) is 70.6 cm³/mol. The molecule has 0 aliphatic carbocycles. The zero-order valence-electron chi connectivity index (χ0n) is 10.0. The van der Waals surface area contributed by atoms with Crippen LogP contribution in [0.15, 0.2) is 41.4 Å². The van der Waals surface area contributed by atoms with Crippen molar-refractivity contribution in [2.75, 3.05) is 10.5 Å². The highest BCUT2D eigenvalue weighted by Crippen LogP contribution is 2.22. The van der Waals surface area contributed by atoms with E-state index in [-0.39, 0.29) is 22.0 Å². The van der Waals surface area contributed by atoms with Gasteiger partial charge in [0.25, 0.3) is 10.0 Å². The van der Waals surface area contributed by atoms with E-state index in [0.717, 1.165) is 12.1 Å². The van der Waals surface area contributed by atoms with Crippen LogP contribution in [-0.2, 0) is 10.0 Å². The first-order chi connectivity index (χ1) is 9.44. The summed E-state index contributed by atoms with van der Waals surface area (Å²) in [7, 11) is -3.97. The highest BCUT2D eigenvalue weighted by Gasteiger charge is 2.18. The fourth-order valence-electron chi connectivity index (χ4n) is 1.52. The first-order valence-corrected chi connectivity index (χ1v) is 6.85. The summed E-state index contributed by atoms with van der Waals surface area (Å²) >= 11 is 0. The molecule has 2 aromatic rings. The molecular formula is C12H9FN4O2S. The van der Waals surface area contributed by atoms with Crippen molar-refractivity contribution in [3.8, 4) is 6.07 Å². The van der Waals surface area contributed by atoms with Crippen LogP contribution in [0.5, 0.6) is 0 Å². The number of nitrogens with zero attached hydrogens (tertiary/aromatic N) is 2. The van der Waals surface area contributed by atoms with Crippen LogP contribution in [0.2, 0.25) is 0 Å². The van der Waals surface area contributed by atoms with Crippen molar-refractivity contribution in [1.29, 1.82) is 5.26 Å². The molecule has 6 nitrogen and oxygen atoms in total. The minimum absolute atomic E-state index is 0.0348. The number of benzene rings is 1. The number of hydrogen-bond donors (Lipinski definition) is 2. The summed E-state index contributed by atoms with van der Waals surface area (Å²) in [6, 6.07) is 7.68. The van der Waals surface area contributed by atoms with E-state index in [1.165, 1.54) is 24.4 Å². The molecule has 3 N–H and O–H groups in total. The van der Waals surface area contributed by atoms with Gasteiger partial charge in [0.1, 0.15) is 23.3 Å². The maximum Gasteiger partial charge on any atom is 0.262 e. The van der Waals surface area contributed by atoms with Crippen LogP contribution in [0.4, 0.5) is 15.9 Å². The van der Waals surface area contributed by atoms with E-state index in [4.69, 9.17) is 11.0 Å². The molecule has 1 aromatic carbocycles. The molecule has 0 unspecified atom stereocenters. The van der Waals surface area contributed by atoms with E-state index in [9.17, 15) is 12.8 Å². The minimum Gasteiger partial charge on any atom is -0.384 e. The number of halogens is 1. The van der Waals surface area contributed by atoms with Gasteiger partial charge in [0.2, 0.25) is 0 Å². The van der Waals surface area contributed by atoms with Gasteiger partial charge in [0, 0.05) is 12.3 Å². The number of nitrogen functional groups attached to an aromatic ring is 1. The first kappa shape index (κ1) is 13.8. The second-order valence-corrected chi connectivity index (χ2v) is 5.48. The van der Waals surface area contributed by atoms with Gasteiger partial charge in [-0.15, -0.1) is 0 Å². The molecule has 0 bridgehead atoms. The van der Waals surface area contributed by atoms with Crippen molar-refractivity contribution in [2.45, 2.75) is 4.90 Å². The Morgan fingerprint density at radius 1 is 1.35 bits per heavy atom.